The lowest BCUT2D eigenvalue weighted by molar-refractivity contribution is -0.121. The van der Waals surface area contributed by atoms with Crippen LogP contribution in [0.5, 0.6) is 0 Å². The van der Waals surface area contributed by atoms with E-state index in [1.165, 1.54) is 0 Å². The van der Waals surface area contributed by atoms with E-state index >= 15 is 0 Å². The highest BCUT2D eigenvalue weighted by Gasteiger charge is 2.06. The normalized spacial score (nSPS) is 10.3. The van der Waals surface area contributed by atoms with Gasteiger partial charge in [-0.2, -0.15) is 0 Å². The number of carbonyl (C=O) groups excluding carboxylic acids is 2. The Balaban J connectivity index is 1.75. The average molecular weight is 353 g/mol. The molecular formula is C21H27N3O2. The number of anilines is 1. The second-order valence-corrected chi connectivity index (χ2v) is 6.28. The van der Waals surface area contributed by atoms with Crippen molar-refractivity contribution in [2.24, 2.45) is 0 Å². The average Bonchev–Trinajstić information content (AvgIpc) is 2.66. The van der Waals surface area contributed by atoms with Crippen molar-refractivity contribution in [2.75, 3.05) is 12.3 Å². The van der Waals surface area contributed by atoms with E-state index in [4.69, 9.17) is 5.73 Å². The van der Waals surface area contributed by atoms with E-state index in [1.54, 1.807) is 12.1 Å². The van der Waals surface area contributed by atoms with Crippen molar-refractivity contribution in [1.29, 1.82) is 0 Å². The second-order valence-electron chi connectivity index (χ2n) is 6.28. The maximum Gasteiger partial charge on any atom is 0.251 e. The van der Waals surface area contributed by atoms with Crippen molar-refractivity contribution in [1.82, 2.24) is 10.6 Å². The molecule has 26 heavy (non-hydrogen) atoms. The van der Waals surface area contributed by atoms with Gasteiger partial charge in [0, 0.05) is 30.8 Å². The van der Waals surface area contributed by atoms with E-state index in [1.807, 2.05) is 36.4 Å². The molecule has 0 radical (unpaired) electrons. The Hall–Kier alpha value is -2.82. The molecule has 2 rings (SSSR count). The monoisotopic (exact) mass is 353 g/mol. The zero-order valence-electron chi connectivity index (χ0n) is 15.3. The van der Waals surface area contributed by atoms with Crippen molar-refractivity contribution in [3.8, 4) is 0 Å². The number of benzene rings is 2. The van der Waals surface area contributed by atoms with Crippen LogP contribution in [0.25, 0.3) is 0 Å². The molecule has 0 aliphatic carbocycles. The third kappa shape index (κ3) is 6.24. The summed E-state index contributed by atoms with van der Waals surface area (Å²) >= 11 is 0. The molecule has 2 aromatic rings. The zero-order chi connectivity index (χ0) is 18.8. The van der Waals surface area contributed by atoms with Gasteiger partial charge in [0.25, 0.3) is 5.91 Å². The van der Waals surface area contributed by atoms with Crippen LogP contribution in [0.3, 0.4) is 0 Å². The van der Waals surface area contributed by atoms with Gasteiger partial charge in [0.2, 0.25) is 5.91 Å². The van der Waals surface area contributed by atoms with Crippen LogP contribution in [-0.4, -0.2) is 18.4 Å². The Labute approximate surface area is 155 Å². The largest absolute Gasteiger partial charge is 0.399 e. The molecule has 0 saturated heterocycles. The Kier molecular flexibility index (Phi) is 7.68. The molecule has 0 aliphatic rings. The van der Waals surface area contributed by atoms with Crippen molar-refractivity contribution >= 4 is 17.5 Å². The number of unbranched alkanes of at least 4 members (excludes halogenated alkanes) is 1. The lowest BCUT2D eigenvalue weighted by atomic mass is 10.1. The number of rotatable bonds is 9. The van der Waals surface area contributed by atoms with Crippen LogP contribution in [0.15, 0.2) is 48.5 Å². The third-order valence-corrected chi connectivity index (χ3v) is 4.20. The molecule has 0 fully saturated rings. The van der Waals surface area contributed by atoms with Gasteiger partial charge in [-0.15, -0.1) is 0 Å². The number of hydrogen-bond acceptors (Lipinski definition) is 3. The highest BCUT2D eigenvalue weighted by molar-refractivity contribution is 5.94. The fourth-order valence-electron chi connectivity index (χ4n) is 2.55. The van der Waals surface area contributed by atoms with Gasteiger partial charge in [-0.25, -0.2) is 0 Å². The molecule has 0 spiro atoms. The highest BCUT2D eigenvalue weighted by Crippen LogP contribution is 2.12. The summed E-state index contributed by atoms with van der Waals surface area (Å²) in [5, 5.41) is 5.79. The number of nitrogens with one attached hydrogen (secondary N) is 2. The first-order valence-electron chi connectivity index (χ1n) is 9.07. The molecule has 0 aromatic heterocycles. The van der Waals surface area contributed by atoms with Crippen molar-refractivity contribution in [3.05, 3.63) is 65.2 Å². The number of nitrogen functional groups attached to an aromatic ring is 1. The van der Waals surface area contributed by atoms with Crippen LogP contribution in [0.4, 0.5) is 5.69 Å². The quantitative estimate of drug-likeness (QED) is 0.478. The van der Waals surface area contributed by atoms with E-state index in [-0.39, 0.29) is 11.8 Å². The summed E-state index contributed by atoms with van der Waals surface area (Å²) in [5.41, 5.74) is 9.18. The molecule has 0 unspecified atom stereocenters. The minimum absolute atomic E-state index is 0.0189. The van der Waals surface area contributed by atoms with E-state index in [0.717, 1.165) is 24.0 Å². The number of nitrogens with two attached hydrogens (primary N) is 1. The van der Waals surface area contributed by atoms with Crippen LogP contribution < -0.4 is 16.4 Å². The predicted molar refractivity (Wildman–Crippen MR) is 105 cm³/mol. The molecule has 0 heterocycles. The Morgan fingerprint density at radius 3 is 2.42 bits per heavy atom. The second kappa shape index (κ2) is 10.2. The van der Waals surface area contributed by atoms with Crippen LogP contribution in [0, 0.1) is 0 Å². The van der Waals surface area contributed by atoms with Gasteiger partial charge < -0.3 is 16.4 Å². The summed E-state index contributed by atoms with van der Waals surface area (Å²) in [4.78, 5) is 24.0. The van der Waals surface area contributed by atoms with Crippen LogP contribution in [0.2, 0.25) is 0 Å². The molecule has 4 N–H and O–H groups in total. The fraction of sp³-hybridized carbons (Fsp3) is 0.333. The molecule has 138 valence electrons. The molecule has 0 atom stereocenters. The number of amides is 2. The van der Waals surface area contributed by atoms with Gasteiger partial charge in [0.1, 0.15) is 0 Å². The molecule has 2 amide bonds. The molecule has 5 heteroatoms. The summed E-state index contributed by atoms with van der Waals surface area (Å²) in [6.07, 6.45) is 3.04. The van der Waals surface area contributed by atoms with Crippen LogP contribution >= 0.6 is 0 Å². The number of carbonyl (C=O) groups is 2. The smallest absolute Gasteiger partial charge is 0.251 e. The lowest BCUT2D eigenvalue weighted by Gasteiger charge is -2.08. The lowest BCUT2D eigenvalue weighted by Crippen LogP contribution is -2.25. The van der Waals surface area contributed by atoms with E-state index in [0.29, 0.717) is 37.2 Å². The standard InChI is InChI=1S/C21H27N3O2/c1-2-3-14-23-21(26)18-10-8-16(9-11-18)15-24-20(25)13-12-17-6-4-5-7-19(17)22/h4-11H,2-3,12-15,22H2,1H3,(H,23,26)(H,24,25). The van der Waals surface area contributed by atoms with Crippen molar-refractivity contribution in [2.45, 2.75) is 39.2 Å². The fourth-order valence-corrected chi connectivity index (χ4v) is 2.55. The number of para-hydroxylation sites is 1. The first kappa shape index (κ1) is 19.5. The minimum Gasteiger partial charge on any atom is -0.399 e. The predicted octanol–water partition coefficient (Wildman–Crippen LogP) is 3.05. The van der Waals surface area contributed by atoms with Gasteiger partial charge in [0.15, 0.2) is 0 Å². The van der Waals surface area contributed by atoms with Gasteiger partial charge in [-0.05, 0) is 42.2 Å². The molecule has 0 aliphatic heterocycles. The first-order valence-corrected chi connectivity index (χ1v) is 9.07. The van der Waals surface area contributed by atoms with Gasteiger partial charge >= 0.3 is 0 Å². The van der Waals surface area contributed by atoms with Gasteiger partial charge in [-0.3, -0.25) is 9.59 Å². The highest BCUT2D eigenvalue weighted by atomic mass is 16.2. The minimum atomic E-state index is -0.0607. The molecular weight excluding hydrogens is 326 g/mol. The van der Waals surface area contributed by atoms with Crippen molar-refractivity contribution < 1.29 is 9.59 Å². The Morgan fingerprint density at radius 2 is 1.73 bits per heavy atom. The summed E-state index contributed by atoms with van der Waals surface area (Å²) in [5.74, 6) is -0.0795. The molecule has 5 nitrogen and oxygen atoms in total. The molecule has 0 bridgehead atoms. The Bertz CT molecular complexity index is 726. The van der Waals surface area contributed by atoms with Gasteiger partial charge in [-0.1, -0.05) is 43.7 Å². The molecule has 2 aromatic carbocycles. The van der Waals surface area contributed by atoms with E-state index in [9.17, 15) is 9.59 Å². The number of aryl methyl sites for hydroxylation is 1. The van der Waals surface area contributed by atoms with Crippen LogP contribution in [-0.2, 0) is 17.8 Å². The first-order chi connectivity index (χ1) is 12.6. The topological polar surface area (TPSA) is 84.2 Å². The summed E-state index contributed by atoms with van der Waals surface area (Å²) in [6, 6.07) is 14.9. The third-order valence-electron chi connectivity index (χ3n) is 4.20. The van der Waals surface area contributed by atoms with Gasteiger partial charge in [0.05, 0.1) is 0 Å². The molecule has 0 saturated carbocycles. The summed E-state index contributed by atoms with van der Waals surface area (Å²) < 4.78 is 0. The zero-order valence-corrected chi connectivity index (χ0v) is 15.3. The van der Waals surface area contributed by atoms with E-state index in [2.05, 4.69) is 17.6 Å². The number of hydrogen-bond donors (Lipinski definition) is 3. The van der Waals surface area contributed by atoms with Crippen molar-refractivity contribution in [3.63, 3.8) is 0 Å². The summed E-state index contributed by atoms with van der Waals surface area (Å²) in [6.45, 7) is 3.23. The maximum absolute atomic E-state index is 12.0. The maximum atomic E-state index is 12.0. The Morgan fingerprint density at radius 1 is 1.00 bits per heavy atom. The SMILES string of the molecule is CCCCNC(=O)c1ccc(CNC(=O)CCc2ccccc2N)cc1. The van der Waals surface area contributed by atoms with E-state index < -0.39 is 0 Å². The van der Waals surface area contributed by atoms with Crippen LogP contribution in [0.1, 0.15) is 47.7 Å². The summed E-state index contributed by atoms with van der Waals surface area (Å²) in [7, 11) is 0.